The fourth-order valence-corrected chi connectivity index (χ4v) is 3.69. The lowest BCUT2D eigenvalue weighted by Gasteiger charge is -2.11. The molecular formula is C21H14Cl2F3N3O2. The minimum absolute atomic E-state index is 0.146. The maximum Gasteiger partial charge on any atom is 0.396 e. The van der Waals surface area contributed by atoms with E-state index in [-0.39, 0.29) is 38.2 Å². The third-order valence-corrected chi connectivity index (χ3v) is 5.44. The first-order chi connectivity index (χ1) is 14.6. The first-order valence-corrected chi connectivity index (χ1v) is 9.85. The van der Waals surface area contributed by atoms with Crippen LogP contribution in [0, 0.1) is 6.92 Å². The lowest BCUT2D eigenvalue weighted by molar-refractivity contribution is -0.128. The number of nitrogens with zero attached hydrogens (tertiary/aromatic N) is 3. The third-order valence-electron chi connectivity index (χ3n) is 4.72. The highest BCUT2D eigenvalue weighted by molar-refractivity contribution is 6.42. The first-order valence-electron chi connectivity index (χ1n) is 9.10. The van der Waals surface area contributed by atoms with Crippen molar-refractivity contribution in [2.24, 2.45) is 0 Å². The number of halogens is 5. The summed E-state index contributed by atoms with van der Waals surface area (Å²) in [7, 11) is 0. The van der Waals surface area contributed by atoms with Gasteiger partial charge in [0.1, 0.15) is 23.7 Å². The summed E-state index contributed by atoms with van der Waals surface area (Å²) in [6, 6.07) is 11.7. The van der Waals surface area contributed by atoms with Gasteiger partial charge in [-0.2, -0.15) is 13.2 Å². The van der Waals surface area contributed by atoms with Crippen LogP contribution in [0.4, 0.5) is 13.2 Å². The smallest absolute Gasteiger partial charge is 0.360 e. The van der Waals surface area contributed by atoms with Crippen molar-refractivity contribution in [3.8, 4) is 11.3 Å². The van der Waals surface area contributed by atoms with E-state index in [1.165, 1.54) is 16.7 Å². The van der Waals surface area contributed by atoms with Crippen LogP contribution >= 0.6 is 23.2 Å². The zero-order valence-corrected chi connectivity index (χ0v) is 17.5. The summed E-state index contributed by atoms with van der Waals surface area (Å²) < 4.78 is 45.9. The zero-order valence-electron chi connectivity index (χ0n) is 16.0. The monoisotopic (exact) mass is 467 g/mol. The number of rotatable bonds is 5. The lowest BCUT2D eigenvalue weighted by Crippen LogP contribution is -2.19. The predicted octanol–water partition coefficient (Wildman–Crippen LogP) is 6.29. The van der Waals surface area contributed by atoms with Crippen LogP contribution in [0.2, 0.25) is 10.0 Å². The van der Waals surface area contributed by atoms with E-state index in [0.29, 0.717) is 11.3 Å². The van der Waals surface area contributed by atoms with Crippen LogP contribution in [0.1, 0.15) is 21.9 Å². The fraction of sp³-hybridized carbons (Fsp3) is 0.190. The molecule has 0 saturated carbocycles. The van der Waals surface area contributed by atoms with Gasteiger partial charge in [0.25, 0.3) is 0 Å². The molecule has 5 nitrogen and oxygen atoms in total. The van der Waals surface area contributed by atoms with Crippen LogP contribution < -0.4 is 0 Å². The van der Waals surface area contributed by atoms with Crippen molar-refractivity contribution in [2.75, 3.05) is 0 Å². The molecular weight excluding hydrogens is 454 g/mol. The second-order valence-corrected chi connectivity index (χ2v) is 7.73. The summed E-state index contributed by atoms with van der Waals surface area (Å²) in [4.78, 5) is 17.3. The normalized spacial score (nSPS) is 11.9. The Labute approximate surface area is 184 Å². The van der Waals surface area contributed by atoms with Crippen LogP contribution in [0.25, 0.3) is 22.3 Å². The molecule has 10 heteroatoms. The summed E-state index contributed by atoms with van der Waals surface area (Å²) in [5.41, 5.74) is 1.67. The Morgan fingerprint density at radius 3 is 2.48 bits per heavy atom. The van der Waals surface area contributed by atoms with Gasteiger partial charge in [-0.1, -0.05) is 58.7 Å². The van der Waals surface area contributed by atoms with Crippen LogP contribution in [0.3, 0.4) is 0 Å². The lowest BCUT2D eigenvalue weighted by atomic mass is 10.0. The first kappa shape index (κ1) is 21.4. The average Bonchev–Trinajstić information content (AvgIpc) is 3.22. The van der Waals surface area contributed by atoms with Crippen LogP contribution in [-0.2, 0) is 13.0 Å². The molecule has 4 aromatic rings. The molecule has 2 heterocycles. The fourth-order valence-electron chi connectivity index (χ4n) is 3.38. The van der Waals surface area contributed by atoms with Crippen molar-refractivity contribution < 1.29 is 22.5 Å². The van der Waals surface area contributed by atoms with Gasteiger partial charge >= 0.3 is 6.18 Å². The summed E-state index contributed by atoms with van der Waals surface area (Å²) in [6.07, 6.45) is -5.82. The van der Waals surface area contributed by atoms with Gasteiger partial charge in [0.2, 0.25) is 0 Å². The van der Waals surface area contributed by atoms with E-state index >= 15 is 0 Å². The van der Waals surface area contributed by atoms with Gasteiger partial charge in [0.15, 0.2) is 5.78 Å². The van der Waals surface area contributed by atoms with Crippen molar-refractivity contribution in [2.45, 2.75) is 26.1 Å². The molecule has 0 radical (unpaired) electrons. The molecule has 0 unspecified atom stereocenters. The van der Waals surface area contributed by atoms with Crippen molar-refractivity contribution in [3.63, 3.8) is 0 Å². The highest BCUT2D eigenvalue weighted by Crippen LogP contribution is 2.32. The maximum absolute atomic E-state index is 13.2. The van der Waals surface area contributed by atoms with E-state index < -0.39 is 24.9 Å². The van der Waals surface area contributed by atoms with Gasteiger partial charge in [-0.25, -0.2) is 4.98 Å². The largest absolute Gasteiger partial charge is 0.396 e. The van der Waals surface area contributed by atoms with Gasteiger partial charge < -0.3 is 9.09 Å². The number of ketones is 1. The van der Waals surface area contributed by atoms with Gasteiger partial charge in [0, 0.05) is 5.56 Å². The van der Waals surface area contributed by atoms with E-state index in [2.05, 4.69) is 10.1 Å². The van der Waals surface area contributed by atoms with Gasteiger partial charge in [0.05, 0.1) is 33.2 Å². The molecule has 2 aromatic heterocycles. The zero-order chi connectivity index (χ0) is 22.3. The Hall–Kier alpha value is -2.84. The van der Waals surface area contributed by atoms with E-state index in [1.54, 1.807) is 31.2 Å². The summed E-state index contributed by atoms with van der Waals surface area (Å²) in [5.74, 6) is -0.511. The minimum atomic E-state index is -4.52. The molecule has 0 atom stereocenters. The Balaban J connectivity index is 1.80. The quantitative estimate of drug-likeness (QED) is 0.323. The van der Waals surface area contributed by atoms with Gasteiger partial charge in [-0.05, 0) is 19.1 Å². The molecule has 0 fully saturated rings. The van der Waals surface area contributed by atoms with Crippen LogP contribution in [0.5, 0.6) is 0 Å². The van der Waals surface area contributed by atoms with Crippen molar-refractivity contribution in [1.82, 2.24) is 14.7 Å². The van der Waals surface area contributed by atoms with Gasteiger partial charge in [-0.15, -0.1) is 0 Å². The minimum Gasteiger partial charge on any atom is -0.360 e. The van der Waals surface area contributed by atoms with Crippen molar-refractivity contribution in [3.05, 3.63) is 69.7 Å². The number of fused-ring (bicyclic) bond motifs is 1. The SMILES string of the molecule is Cc1onc(-c2ccccc2)c1C(=O)Cn1c(CC(F)(F)F)nc2cc(Cl)c(Cl)cc21. The molecule has 31 heavy (non-hydrogen) atoms. The number of aryl methyl sites for hydroxylation is 1. The van der Waals surface area contributed by atoms with Crippen molar-refractivity contribution >= 4 is 40.0 Å². The number of alkyl halides is 3. The standard InChI is InChI=1S/C21H14Cl2F3N3O2/c1-11-19(20(28-31-11)12-5-3-2-4-6-12)17(30)10-29-16-8-14(23)13(22)7-15(16)27-18(29)9-21(24,25)26/h2-8H,9-10H2,1H3. The number of hydrogen-bond acceptors (Lipinski definition) is 4. The van der Waals surface area contributed by atoms with E-state index in [9.17, 15) is 18.0 Å². The van der Waals surface area contributed by atoms with Crippen molar-refractivity contribution in [1.29, 1.82) is 0 Å². The number of carbonyl (C=O) groups excluding carboxylic acids is 1. The van der Waals surface area contributed by atoms with E-state index in [4.69, 9.17) is 27.7 Å². The highest BCUT2D eigenvalue weighted by atomic mass is 35.5. The predicted molar refractivity (Wildman–Crippen MR) is 111 cm³/mol. The topological polar surface area (TPSA) is 60.9 Å². The number of benzene rings is 2. The second kappa shape index (κ2) is 8.01. The van der Waals surface area contributed by atoms with Crippen LogP contribution in [-0.4, -0.2) is 26.7 Å². The summed E-state index contributed by atoms with van der Waals surface area (Å²) in [6.45, 7) is 1.17. The highest BCUT2D eigenvalue weighted by Gasteiger charge is 2.32. The van der Waals surface area contributed by atoms with E-state index in [1.807, 2.05) is 6.07 Å². The molecule has 0 bridgehead atoms. The second-order valence-electron chi connectivity index (χ2n) is 6.91. The third kappa shape index (κ3) is 4.31. The molecule has 0 spiro atoms. The molecule has 160 valence electrons. The number of carbonyl (C=O) groups is 1. The Kier molecular flexibility index (Phi) is 5.53. The Morgan fingerprint density at radius 1 is 1.13 bits per heavy atom. The molecule has 0 amide bonds. The van der Waals surface area contributed by atoms with Crippen LogP contribution in [0.15, 0.2) is 47.0 Å². The maximum atomic E-state index is 13.2. The average molecular weight is 468 g/mol. The number of hydrogen-bond donors (Lipinski definition) is 0. The summed E-state index contributed by atoms with van der Waals surface area (Å²) in [5, 5.41) is 4.27. The number of imidazole rings is 1. The molecule has 2 aromatic carbocycles. The molecule has 0 aliphatic carbocycles. The number of Topliss-reactive ketones (excluding diaryl/α,β-unsaturated/α-hetero) is 1. The molecule has 0 N–H and O–H groups in total. The molecule has 4 rings (SSSR count). The molecule has 0 saturated heterocycles. The molecule has 0 aliphatic heterocycles. The Bertz CT molecular complexity index is 1280. The van der Waals surface area contributed by atoms with Gasteiger partial charge in [-0.3, -0.25) is 4.79 Å². The number of aromatic nitrogens is 3. The van der Waals surface area contributed by atoms with E-state index in [0.717, 1.165) is 0 Å². The molecule has 0 aliphatic rings. The summed E-state index contributed by atoms with van der Waals surface area (Å²) >= 11 is 12.1. The Morgan fingerprint density at radius 2 is 1.81 bits per heavy atom.